The minimum atomic E-state index is -0.150. The summed E-state index contributed by atoms with van der Waals surface area (Å²) < 4.78 is 0. The Labute approximate surface area is 173 Å². The van der Waals surface area contributed by atoms with Crippen LogP contribution in [0.4, 0.5) is 11.4 Å². The van der Waals surface area contributed by atoms with Crippen molar-refractivity contribution in [1.29, 1.82) is 0 Å². The molecule has 2 amide bonds. The number of likely N-dealkylation sites (tertiary alicyclic amines) is 1. The van der Waals surface area contributed by atoms with Crippen LogP contribution in [0.15, 0.2) is 42.5 Å². The molecule has 0 aliphatic carbocycles. The second-order valence-corrected chi connectivity index (χ2v) is 7.89. The standard InChI is InChI=1S/C24H31N3O2/c1-5-26(4)21-12-9-19(10-13-21)23(28)25-22-14-11-20(16-17(22)2)24(29)27-15-7-6-8-18(27)3/h9-14,16,18H,5-8,15H2,1-4H3,(H,25,28). The number of nitrogens with one attached hydrogen (secondary N) is 1. The Morgan fingerprint density at radius 3 is 2.41 bits per heavy atom. The maximum Gasteiger partial charge on any atom is 0.255 e. The first-order valence-corrected chi connectivity index (χ1v) is 10.4. The summed E-state index contributed by atoms with van der Waals surface area (Å²) in [4.78, 5) is 29.6. The van der Waals surface area contributed by atoms with Crippen LogP contribution in [0.1, 0.15) is 59.4 Å². The lowest BCUT2D eigenvalue weighted by molar-refractivity contribution is 0.0635. The fourth-order valence-corrected chi connectivity index (χ4v) is 3.75. The van der Waals surface area contributed by atoms with E-state index in [1.165, 1.54) is 6.42 Å². The van der Waals surface area contributed by atoms with Gasteiger partial charge < -0.3 is 15.1 Å². The molecule has 0 bridgehead atoms. The number of hydrogen-bond acceptors (Lipinski definition) is 3. The highest BCUT2D eigenvalue weighted by atomic mass is 16.2. The predicted octanol–water partition coefficient (Wildman–Crippen LogP) is 4.72. The molecule has 3 rings (SSSR count). The molecule has 1 N–H and O–H groups in total. The summed E-state index contributed by atoms with van der Waals surface area (Å²) >= 11 is 0. The minimum absolute atomic E-state index is 0.0776. The Balaban J connectivity index is 1.70. The molecule has 5 heteroatoms. The van der Waals surface area contributed by atoms with E-state index in [2.05, 4.69) is 24.1 Å². The molecule has 1 fully saturated rings. The van der Waals surface area contributed by atoms with Crippen LogP contribution in [0.3, 0.4) is 0 Å². The van der Waals surface area contributed by atoms with Gasteiger partial charge in [-0.2, -0.15) is 0 Å². The van der Waals surface area contributed by atoms with E-state index in [0.29, 0.717) is 11.1 Å². The molecule has 1 heterocycles. The van der Waals surface area contributed by atoms with Crippen LogP contribution in [-0.4, -0.2) is 42.9 Å². The van der Waals surface area contributed by atoms with Gasteiger partial charge in [0.05, 0.1) is 0 Å². The normalized spacial score (nSPS) is 16.4. The molecule has 1 unspecified atom stereocenters. The van der Waals surface area contributed by atoms with Gasteiger partial charge in [-0.25, -0.2) is 0 Å². The van der Waals surface area contributed by atoms with Crippen molar-refractivity contribution in [3.63, 3.8) is 0 Å². The average Bonchev–Trinajstić information content (AvgIpc) is 2.74. The van der Waals surface area contributed by atoms with Crippen LogP contribution >= 0.6 is 0 Å². The van der Waals surface area contributed by atoms with Crippen LogP contribution in [0, 0.1) is 6.92 Å². The molecule has 0 saturated carbocycles. The second kappa shape index (κ2) is 9.12. The molecule has 2 aromatic rings. The highest BCUT2D eigenvalue weighted by molar-refractivity contribution is 6.05. The molecule has 154 valence electrons. The highest BCUT2D eigenvalue weighted by Gasteiger charge is 2.24. The van der Waals surface area contributed by atoms with Crippen molar-refractivity contribution >= 4 is 23.2 Å². The first-order chi connectivity index (χ1) is 13.9. The lowest BCUT2D eigenvalue weighted by Crippen LogP contribution is -2.42. The van der Waals surface area contributed by atoms with Gasteiger partial charge in [-0.1, -0.05) is 0 Å². The van der Waals surface area contributed by atoms with Gasteiger partial charge in [-0.05, 0) is 88.1 Å². The molecule has 1 atom stereocenters. The van der Waals surface area contributed by atoms with Crippen molar-refractivity contribution in [2.45, 2.75) is 46.1 Å². The number of carbonyl (C=O) groups is 2. The molecule has 1 aliphatic rings. The SMILES string of the molecule is CCN(C)c1ccc(C(=O)Nc2ccc(C(=O)N3CCCCC3C)cc2C)cc1. The number of amides is 2. The van der Waals surface area contributed by atoms with E-state index in [9.17, 15) is 9.59 Å². The highest BCUT2D eigenvalue weighted by Crippen LogP contribution is 2.23. The van der Waals surface area contributed by atoms with Crippen molar-refractivity contribution in [2.75, 3.05) is 30.4 Å². The van der Waals surface area contributed by atoms with Gasteiger partial charge in [-0.15, -0.1) is 0 Å². The zero-order chi connectivity index (χ0) is 21.0. The number of anilines is 2. The number of carbonyl (C=O) groups excluding carboxylic acids is 2. The zero-order valence-electron chi connectivity index (χ0n) is 17.9. The molecule has 0 aromatic heterocycles. The average molecular weight is 394 g/mol. The van der Waals surface area contributed by atoms with Crippen LogP contribution in [0.2, 0.25) is 0 Å². The Kier molecular flexibility index (Phi) is 6.57. The maximum absolute atomic E-state index is 12.9. The fraction of sp³-hybridized carbons (Fsp3) is 0.417. The lowest BCUT2D eigenvalue weighted by Gasteiger charge is -2.33. The van der Waals surface area contributed by atoms with Crippen molar-refractivity contribution in [3.8, 4) is 0 Å². The van der Waals surface area contributed by atoms with Crippen LogP contribution in [0.5, 0.6) is 0 Å². The molecule has 1 aliphatic heterocycles. The summed E-state index contributed by atoms with van der Waals surface area (Å²) in [5, 5.41) is 2.97. The monoisotopic (exact) mass is 393 g/mol. The van der Waals surface area contributed by atoms with E-state index < -0.39 is 0 Å². The first kappa shape index (κ1) is 20.9. The lowest BCUT2D eigenvalue weighted by atomic mass is 10.0. The Bertz CT molecular complexity index is 876. The Hall–Kier alpha value is -2.82. The Morgan fingerprint density at radius 1 is 1.10 bits per heavy atom. The van der Waals surface area contributed by atoms with Crippen molar-refractivity contribution in [1.82, 2.24) is 4.90 Å². The van der Waals surface area contributed by atoms with Gasteiger partial charge in [0, 0.05) is 48.7 Å². The molecule has 5 nitrogen and oxygen atoms in total. The van der Waals surface area contributed by atoms with Gasteiger partial charge in [0.25, 0.3) is 11.8 Å². The summed E-state index contributed by atoms with van der Waals surface area (Å²) in [5.74, 6) is -0.0728. The van der Waals surface area contributed by atoms with E-state index in [1.807, 2.05) is 61.3 Å². The topological polar surface area (TPSA) is 52.7 Å². The van der Waals surface area contributed by atoms with Crippen LogP contribution in [0.25, 0.3) is 0 Å². The molecule has 0 radical (unpaired) electrons. The minimum Gasteiger partial charge on any atom is -0.375 e. The smallest absolute Gasteiger partial charge is 0.255 e. The predicted molar refractivity (Wildman–Crippen MR) is 119 cm³/mol. The number of benzene rings is 2. The molecular formula is C24H31N3O2. The van der Waals surface area contributed by atoms with Gasteiger partial charge in [0.1, 0.15) is 0 Å². The van der Waals surface area contributed by atoms with E-state index in [1.54, 1.807) is 0 Å². The number of hydrogen-bond donors (Lipinski definition) is 1. The molecule has 29 heavy (non-hydrogen) atoms. The third-order valence-corrected chi connectivity index (χ3v) is 5.83. The third-order valence-electron chi connectivity index (χ3n) is 5.83. The van der Waals surface area contributed by atoms with E-state index in [4.69, 9.17) is 0 Å². The zero-order valence-corrected chi connectivity index (χ0v) is 17.9. The van der Waals surface area contributed by atoms with E-state index >= 15 is 0 Å². The molecule has 2 aromatic carbocycles. The molecular weight excluding hydrogens is 362 g/mol. The van der Waals surface area contributed by atoms with E-state index in [-0.39, 0.29) is 17.9 Å². The Morgan fingerprint density at radius 2 is 1.79 bits per heavy atom. The number of rotatable bonds is 5. The van der Waals surface area contributed by atoms with Gasteiger partial charge in [0.2, 0.25) is 0 Å². The summed E-state index contributed by atoms with van der Waals surface area (Å²) in [7, 11) is 2.02. The largest absolute Gasteiger partial charge is 0.375 e. The summed E-state index contributed by atoms with van der Waals surface area (Å²) in [5.41, 5.74) is 3.99. The van der Waals surface area contributed by atoms with Gasteiger partial charge in [0.15, 0.2) is 0 Å². The quantitative estimate of drug-likeness (QED) is 0.800. The van der Waals surface area contributed by atoms with Crippen molar-refractivity contribution in [2.24, 2.45) is 0 Å². The molecule has 0 spiro atoms. The summed E-state index contributed by atoms with van der Waals surface area (Å²) in [6, 6.07) is 13.4. The van der Waals surface area contributed by atoms with Crippen molar-refractivity contribution < 1.29 is 9.59 Å². The van der Waals surface area contributed by atoms with Crippen LogP contribution in [-0.2, 0) is 0 Å². The van der Waals surface area contributed by atoms with Gasteiger partial charge in [-0.3, -0.25) is 9.59 Å². The number of piperidine rings is 1. The second-order valence-electron chi connectivity index (χ2n) is 7.89. The van der Waals surface area contributed by atoms with Crippen LogP contribution < -0.4 is 10.2 Å². The molecule has 1 saturated heterocycles. The van der Waals surface area contributed by atoms with Gasteiger partial charge >= 0.3 is 0 Å². The fourth-order valence-electron chi connectivity index (χ4n) is 3.75. The maximum atomic E-state index is 12.9. The van der Waals surface area contributed by atoms with E-state index in [0.717, 1.165) is 42.9 Å². The number of nitrogens with zero attached hydrogens (tertiary/aromatic N) is 2. The van der Waals surface area contributed by atoms with Crippen molar-refractivity contribution in [3.05, 3.63) is 59.2 Å². The third kappa shape index (κ3) is 4.78. The number of aryl methyl sites for hydroxylation is 1. The summed E-state index contributed by atoms with van der Waals surface area (Å²) in [6.07, 6.45) is 3.31. The first-order valence-electron chi connectivity index (χ1n) is 10.4. The summed E-state index contributed by atoms with van der Waals surface area (Å²) in [6.45, 7) is 7.85.